The summed E-state index contributed by atoms with van der Waals surface area (Å²) >= 11 is 1.26. The molecule has 4 rings (SSSR count). The van der Waals surface area contributed by atoms with Crippen molar-refractivity contribution < 1.29 is 18.0 Å². The van der Waals surface area contributed by atoms with Crippen molar-refractivity contribution in [1.82, 2.24) is 9.47 Å². The first kappa shape index (κ1) is 23.7. The van der Waals surface area contributed by atoms with Crippen LogP contribution in [-0.4, -0.2) is 67.4 Å². The molecule has 1 saturated heterocycles. The Hall–Kier alpha value is -3.42. The SMILES string of the molecule is C#CCn1c(=NC(=O)CS(=O)(=O)CC(=O)N2CCN(c3ccccc3)CC2)sc2ccccc21. The molecule has 0 saturated carbocycles. The van der Waals surface area contributed by atoms with E-state index in [-0.39, 0.29) is 6.54 Å². The fourth-order valence-electron chi connectivity index (χ4n) is 3.86. The summed E-state index contributed by atoms with van der Waals surface area (Å²) < 4.78 is 27.7. The lowest BCUT2D eigenvalue weighted by atomic mass is 10.2. The minimum atomic E-state index is -3.96. The number of anilines is 1. The van der Waals surface area contributed by atoms with Gasteiger partial charge in [0.2, 0.25) is 5.91 Å². The molecule has 2 heterocycles. The van der Waals surface area contributed by atoms with E-state index < -0.39 is 33.2 Å². The lowest BCUT2D eigenvalue weighted by Gasteiger charge is -2.36. The molecule has 1 aliphatic rings. The van der Waals surface area contributed by atoms with Gasteiger partial charge in [0.15, 0.2) is 14.6 Å². The zero-order valence-electron chi connectivity index (χ0n) is 18.5. The van der Waals surface area contributed by atoms with Crippen LogP contribution in [0.1, 0.15) is 0 Å². The fourth-order valence-corrected chi connectivity index (χ4v) is 6.01. The average Bonchev–Trinajstić information content (AvgIpc) is 3.16. The molecule has 0 N–H and O–H groups in total. The number of carbonyl (C=O) groups excluding carboxylic acids is 2. The molecule has 0 aliphatic carbocycles. The molecule has 2 amide bonds. The van der Waals surface area contributed by atoms with Crippen LogP contribution in [0.3, 0.4) is 0 Å². The van der Waals surface area contributed by atoms with E-state index in [1.54, 1.807) is 4.57 Å². The van der Waals surface area contributed by atoms with Gasteiger partial charge in [0.25, 0.3) is 5.91 Å². The molecule has 0 atom stereocenters. The summed E-state index contributed by atoms with van der Waals surface area (Å²) in [4.78, 5) is 33.1. The van der Waals surface area contributed by atoms with Crippen LogP contribution >= 0.6 is 11.3 Å². The van der Waals surface area contributed by atoms with Crippen LogP contribution in [0.25, 0.3) is 10.2 Å². The van der Waals surface area contributed by atoms with Crippen LogP contribution in [0.4, 0.5) is 5.69 Å². The van der Waals surface area contributed by atoms with Crippen LogP contribution in [0.15, 0.2) is 59.6 Å². The third kappa shape index (κ3) is 5.55. The van der Waals surface area contributed by atoms with Crippen LogP contribution < -0.4 is 9.70 Å². The second-order valence-corrected chi connectivity index (χ2v) is 11.0. The molecule has 1 aromatic heterocycles. The molecular formula is C24H24N4O4S2. The van der Waals surface area contributed by atoms with Crippen molar-refractivity contribution in [3.8, 4) is 12.3 Å². The second kappa shape index (κ2) is 10.2. The van der Waals surface area contributed by atoms with Crippen molar-refractivity contribution in [2.24, 2.45) is 4.99 Å². The number of hydrogen-bond acceptors (Lipinski definition) is 6. The fraction of sp³-hybridized carbons (Fsp3) is 0.292. The highest BCUT2D eigenvalue weighted by molar-refractivity contribution is 7.92. The number of nitrogens with zero attached hydrogens (tertiary/aromatic N) is 4. The quantitative estimate of drug-likeness (QED) is 0.483. The highest BCUT2D eigenvalue weighted by atomic mass is 32.2. The number of amides is 2. The Morgan fingerprint density at radius 1 is 0.971 bits per heavy atom. The van der Waals surface area contributed by atoms with E-state index in [4.69, 9.17) is 6.42 Å². The Kier molecular flexibility index (Phi) is 7.14. The number of aromatic nitrogens is 1. The van der Waals surface area contributed by atoms with E-state index in [2.05, 4.69) is 15.8 Å². The third-order valence-electron chi connectivity index (χ3n) is 5.50. The largest absolute Gasteiger partial charge is 0.368 e. The van der Waals surface area contributed by atoms with Crippen molar-refractivity contribution in [2.45, 2.75) is 6.54 Å². The maximum Gasteiger partial charge on any atom is 0.263 e. The van der Waals surface area contributed by atoms with Crippen LogP contribution in [0.2, 0.25) is 0 Å². The van der Waals surface area contributed by atoms with Gasteiger partial charge in [0.1, 0.15) is 11.5 Å². The number of benzene rings is 2. The zero-order chi connectivity index (χ0) is 24.1. The first-order chi connectivity index (χ1) is 16.4. The van der Waals surface area contributed by atoms with Gasteiger partial charge in [-0.2, -0.15) is 4.99 Å². The molecular weight excluding hydrogens is 472 g/mol. The van der Waals surface area contributed by atoms with Crippen LogP contribution in [0.5, 0.6) is 0 Å². The Morgan fingerprint density at radius 2 is 1.65 bits per heavy atom. The number of hydrogen-bond donors (Lipinski definition) is 0. The van der Waals surface area contributed by atoms with Crippen LogP contribution in [-0.2, 0) is 26.0 Å². The highest BCUT2D eigenvalue weighted by Crippen LogP contribution is 2.17. The molecule has 2 aromatic carbocycles. The van der Waals surface area contributed by atoms with Crippen molar-refractivity contribution >= 4 is 48.9 Å². The molecule has 0 bridgehead atoms. The number of rotatable bonds is 6. The minimum absolute atomic E-state index is 0.205. The van der Waals surface area contributed by atoms with Gasteiger partial charge in [0.05, 0.1) is 16.8 Å². The number of sulfone groups is 1. The van der Waals surface area contributed by atoms with E-state index >= 15 is 0 Å². The van der Waals surface area contributed by atoms with Crippen molar-refractivity contribution in [3.05, 3.63) is 59.4 Å². The number of carbonyl (C=O) groups is 2. The van der Waals surface area contributed by atoms with Gasteiger partial charge in [-0.15, -0.1) is 6.42 Å². The molecule has 10 heteroatoms. The molecule has 34 heavy (non-hydrogen) atoms. The molecule has 176 valence electrons. The second-order valence-electron chi connectivity index (χ2n) is 7.88. The summed E-state index contributed by atoms with van der Waals surface area (Å²) in [5.41, 5.74) is 1.89. The van der Waals surface area contributed by atoms with E-state index in [1.165, 1.54) is 16.2 Å². The lowest BCUT2D eigenvalue weighted by Crippen LogP contribution is -2.50. The maximum atomic E-state index is 12.6. The number of fused-ring (bicyclic) bond motifs is 1. The first-order valence-electron chi connectivity index (χ1n) is 10.7. The van der Waals surface area contributed by atoms with Gasteiger partial charge in [-0.25, -0.2) is 8.42 Å². The molecule has 0 radical (unpaired) electrons. The van der Waals surface area contributed by atoms with Gasteiger partial charge < -0.3 is 14.4 Å². The van der Waals surface area contributed by atoms with Crippen LogP contribution in [0, 0.1) is 12.3 Å². The van der Waals surface area contributed by atoms with Gasteiger partial charge in [-0.05, 0) is 24.3 Å². The summed E-state index contributed by atoms with van der Waals surface area (Å²) in [5.74, 6) is -0.328. The predicted molar refractivity (Wildman–Crippen MR) is 133 cm³/mol. The Bertz CT molecular complexity index is 1410. The molecule has 8 nitrogen and oxygen atoms in total. The number of terminal acetylenes is 1. The topological polar surface area (TPSA) is 92.0 Å². The monoisotopic (exact) mass is 496 g/mol. The maximum absolute atomic E-state index is 12.6. The lowest BCUT2D eigenvalue weighted by molar-refractivity contribution is -0.128. The van der Waals surface area contributed by atoms with Gasteiger partial charge >= 0.3 is 0 Å². The third-order valence-corrected chi connectivity index (χ3v) is 7.93. The zero-order valence-corrected chi connectivity index (χ0v) is 20.1. The molecule has 1 aliphatic heterocycles. The highest BCUT2D eigenvalue weighted by Gasteiger charge is 2.27. The Morgan fingerprint density at radius 3 is 2.35 bits per heavy atom. The predicted octanol–water partition coefficient (Wildman–Crippen LogP) is 1.53. The molecule has 1 fully saturated rings. The number of thiazole rings is 1. The summed E-state index contributed by atoms with van der Waals surface area (Å²) in [6.45, 7) is 2.29. The normalized spacial score (nSPS) is 14.9. The molecule has 0 spiro atoms. The minimum Gasteiger partial charge on any atom is -0.368 e. The summed E-state index contributed by atoms with van der Waals surface area (Å²) in [6, 6.07) is 17.3. The number of para-hydroxylation sites is 2. The van der Waals surface area contributed by atoms with E-state index in [1.807, 2.05) is 54.6 Å². The molecule has 0 unspecified atom stereocenters. The van der Waals surface area contributed by atoms with E-state index in [9.17, 15) is 18.0 Å². The summed E-state index contributed by atoms with van der Waals surface area (Å²) in [7, 11) is -3.96. The summed E-state index contributed by atoms with van der Waals surface area (Å²) in [6.07, 6.45) is 5.45. The number of piperazine rings is 1. The van der Waals surface area contributed by atoms with Gasteiger partial charge in [-0.1, -0.05) is 47.6 Å². The summed E-state index contributed by atoms with van der Waals surface area (Å²) in [5, 5.41) is 0. The standard InChI is InChI=1S/C24H24N4O4S2/c1-2-12-28-20-10-6-7-11-21(20)33-24(28)25-22(29)17-34(31,32)18-23(30)27-15-13-26(14-16-27)19-8-4-3-5-9-19/h1,3-11H,12-18H2. The van der Waals surface area contributed by atoms with Gasteiger partial charge in [0, 0.05) is 31.9 Å². The average molecular weight is 497 g/mol. The van der Waals surface area contributed by atoms with E-state index in [0.29, 0.717) is 31.0 Å². The first-order valence-corrected chi connectivity index (χ1v) is 13.4. The van der Waals surface area contributed by atoms with Crippen molar-refractivity contribution in [1.29, 1.82) is 0 Å². The van der Waals surface area contributed by atoms with E-state index in [0.717, 1.165) is 15.9 Å². The smallest absolute Gasteiger partial charge is 0.263 e. The molecule has 3 aromatic rings. The Labute approximate surface area is 202 Å². The van der Waals surface area contributed by atoms with Crippen molar-refractivity contribution in [2.75, 3.05) is 42.6 Å². The Balaban J connectivity index is 1.39. The van der Waals surface area contributed by atoms with Crippen molar-refractivity contribution in [3.63, 3.8) is 0 Å². The van der Waals surface area contributed by atoms with Gasteiger partial charge in [-0.3, -0.25) is 9.59 Å².